The number of carbonyl (C=O) groups is 1. The minimum atomic E-state index is -0.604. The largest absolute Gasteiger partial charge is 0.477 e. The van der Waals surface area contributed by atoms with Gasteiger partial charge in [0.25, 0.3) is 5.91 Å². The Bertz CT molecular complexity index is 872. The molecular weight excluding hydrogens is 389 g/mol. The van der Waals surface area contributed by atoms with Crippen LogP contribution in [0.25, 0.3) is 0 Å². The zero-order valence-corrected chi connectivity index (χ0v) is 15.8. The van der Waals surface area contributed by atoms with Crippen LogP contribution in [0, 0.1) is 15.9 Å². The summed E-state index contributed by atoms with van der Waals surface area (Å²) in [5.74, 6) is -0.491. The van der Waals surface area contributed by atoms with Crippen molar-refractivity contribution in [3.63, 3.8) is 0 Å². The topological polar surface area (TPSA) is 75.9 Å². The first-order chi connectivity index (χ1) is 13.4. The van der Waals surface area contributed by atoms with Crippen molar-refractivity contribution in [3.8, 4) is 5.75 Å². The fourth-order valence-electron chi connectivity index (χ4n) is 3.01. The first kappa shape index (κ1) is 20.0. The molecule has 0 unspecified atom stereocenters. The van der Waals surface area contributed by atoms with E-state index in [4.69, 9.17) is 16.3 Å². The fourth-order valence-corrected chi connectivity index (χ4v) is 3.18. The van der Waals surface area contributed by atoms with Gasteiger partial charge in [0.2, 0.25) is 0 Å². The van der Waals surface area contributed by atoms with Gasteiger partial charge < -0.3 is 9.64 Å². The zero-order valence-electron chi connectivity index (χ0n) is 15.0. The molecule has 0 N–H and O–H groups in total. The van der Waals surface area contributed by atoms with E-state index in [1.165, 1.54) is 24.3 Å². The summed E-state index contributed by atoms with van der Waals surface area (Å²) in [6.45, 7) is 2.39. The van der Waals surface area contributed by atoms with Crippen LogP contribution in [0.3, 0.4) is 0 Å². The second-order valence-corrected chi connectivity index (χ2v) is 6.84. The molecule has 148 valence electrons. The highest BCUT2D eigenvalue weighted by Gasteiger charge is 2.23. The van der Waals surface area contributed by atoms with Crippen LogP contribution in [-0.2, 0) is 11.3 Å². The Kier molecular flexibility index (Phi) is 6.43. The molecule has 9 heteroatoms. The molecule has 1 heterocycles. The SMILES string of the molecule is O=C(COc1ccc(Cl)cc1[N+](=O)[O-])N1CCN(Cc2ccccc2F)CC1. The number of carbonyl (C=O) groups excluding carboxylic acids is 1. The van der Waals surface area contributed by atoms with Gasteiger partial charge in [0, 0.05) is 49.4 Å². The lowest BCUT2D eigenvalue weighted by molar-refractivity contribution is -0.385. The molecule has 1 fully saturated rings. The molecule has 0 saturated carbocycles. The highest BCUT2D eigenvalue weighted by Crippen LogP contribution is 2.29. The lowest BCUT2D eigenvalue weighted by atomic mass is 10.2. The lowest BCUT2D eigenvalue weighted by Gasteiger charge is -2.34. The van der Waals surface area contributed by atoms with Crippen LogP contribution in [0.2, 0.25) is 5.02 Å². The maximum atomic E-state index is 13.8. The first-order valence-electron chi connectivity index (χ1n) is 8.74. The van der Waals surface area contributed by atoms with E-state index in [2.05, 4.69) is 4.90 Å². The second kappa shape index (κ2) is 8.99. The molecular formula is C19H19ClFN3O4. The number of nitro groups is 1. The van der Waals surface area contributed by atoms with Crippen LogP contribution in [0.15, 0.2) is 42.5 Å². The number of nitro benzene ring substituents is 1. The normalized spacial score (nSPS) is 14.7. The Morgan fingerprint density at radius 1 is 1.18 bits per heavy atom. The van der Waals surface area contributed by atoms with Crippen LogP contribution < -0.4 is 4.74 Å². The molecule has 1 aliphatic heterocycles. The van der Waals surface area contributed by atoms with Crippen molar-refractivity contribution in [2.24, 2.45) is 0 Å². The van der Waals surface area contributed by atoms with E-state index in [1.807, 2.05) is 0 Å². The monoisotopic (exact) mass is 407 g/mol. The number of rotatable bonds is 6. The third-order valence-corrected chi connectivity index (χ3v) is 4.78. The van der Waals surface area contributed by atoms with Crippen molar-refractivity contribution in [2.75, 3.05) is 32.8 Å². The van der Waals surface area contributed by atoms with Crippen LogP contribution in [-0.4, -0.2) is 53.4 Å². The van der Waals surface area contributed by atoms with E-state index in [9.17, 15) is 19.3 Å². The smallest absolute Gasteiger partial charge is 0.312 e. The number of nitrogens with zero attached hydrogens (tertiary/aromatic N) is 3. The Balaban J connectivity index is 1.51. The average Bonchev–Trinajstić information content (AvgIpc) is 2.69. The quantitative estimate of drug-likeness (QED) is 0.543. The summed E-state index contributed by atoms with van der Waals surface area (Å²) in [6.07, 6.45) is 0. The molecule has 3 rings (SSSR count). The van der Waals surface area contributed by atoms with Gasteiger partial charge in [0.05, 0.1) is 4.92 Å². The summed E-state index contributed by atoms with van der Waals surface area (Å²) in [7, 11) is 0. The number of halogens is 2. The van der Waals surface area contributed by atoms with Crippen molar-refractivity contribution >= 4 is 23.2 Å². The molecule has 0 aliphatic carbocycles. The Morgan fingerprint density at radius 2 is 1.89 bits per heavy atom. The highest BCUT2D eigenvalue weighted by atomic mass is 35.5. The number of hydrogen-bond donors (Lipinski definition) is 0. The molecule has 1 amide bonds. The maximum Gasteiger partial charge on any atom is 0.312 e. The first-order valence-corrected chi connectivity index (χ1v) is 9.12. The van der Waals surface area contributed by atoms with Gasteiger partial charge in [-0.05, 0) is 18.2 Å². The van der Waals surface area contributed by atoms with E-state index in [1.54, 1.807) is 23.1 Å². The van der Waals surface area contributed by atoms with Gasteiger partial charge in [-0.1, -0.05) is 29.8 Å². The third-order valence-electron chi connectivity index (χ3n) is 4.55. The van der Waals surface area contributed by atoms with E-state index >= 15 is 0 Å². The molecule has 2 aromatic carbocycles. The van der Waals surface area contributed by atoms with Crippen molar-refractivity contribution in [2.45, 2.75) is 6.54 Å². The number of benzene rings is 2. The van der Waals surface area contributed by atoms with Gasteiger partial charge >= 0.3 is 5.69 Å². The third kappa shape index (κ3) is 4.96. The van der Waals surface area contributed by atoms with Crippen molar-refractivity contribution in [1.29, 1.82) is 0 Å². The van der Waals surface area contributed by atoms with Gasteiger partial charge in [-0.25, -0.2) is 4.39 Å². The Labute approximate surface area is 166 Å². The number of piperazine rings is 1. The van der Waals surface area contributed by atoms with Gasteiger partial charge in [0.15, 0.2) is 12.4 Å². The van der Waals surface area contributed by atoms with E-state index < -0.39 is 4.92 Å². The molecule has 1 aliphatic rings. The zero-order chi connectivity index (χ0) is 20.1. The van der Waals surface area contributed by atoms with Crippen molar-refractivity contribution in [3.05, 3.63) is 69.0 Å². The Morgan fingerprint density at radius 3 is 2.57 bits per heavy atom. The summed E-state index contributed by atoms with van der Waals surface area (Å²) >= 11 is 5.76. The molecule has 1 saturated heterocycles. The predicted octanol–water partition coefficient (Wildman–Crippen LogP) is 3.11. The molecule has 2 aromatic rings. The summed E-state index contributed by atoms with van der Waals surface area (Å²) in [6, 6.07) is 10.7. The summed E-state index contributed by atoms with van der Waals surface area (Å²) < 4.78 is 19.1. The van der Waals surface area contributed by atoms with Gasteiger partial charge in [-0.2, -0.15) is 0 Å². The molecule has 0 atom stereocenters. The molecule has 0 aromatic heterocycles. The molecule has 0 bridgehead atoms. The van der Waals surface area contributed by atoms with E-state index in [0.29, 0.717) is 38.3 Å². The highest BCUT2D eigenvalue weighted by molar-refractivity contribution is 6.30. The molecule has 0 radical (unpaired) electrons. The van der Waals surface area contributed by atoms with Gasteiger partial charge in [-0.3, -0.25) is 19.8 Å². The molecule has 7 nitrogen and oxygen atoms in total. The lowest BCUT2D eigenvalue weighted by Crippen LogP contribution is -2.49. The summed E-state index contributed by atoms with van der Waals surface area (Å²) in [4.78, 5) is 26.5. The summed E-state index contributed by atoms with van der Waals surface area (Å²) in [5.41, 5.74) is 0.343. The second-order valence-electron chi connectivity index (χ2n) is 6.41. The minimum absolute atomic E-state index is 0.000869. The fraction of sp³-hybridized carbons (Fsp3) is 0.316. The van der Waals surface area contributed by atoms with Gasteiger partial charge in [-0.15, -0.1) is 0 Å². The predicted molar refractivity (Wildman–Crippen MR) is 102 cm³/mol. The minimum Gasteiger partial charge on any atom is -0.477 e. The van der Waals surface area contributed by atoms with Crippen LogP contribution in [0.4, 0.5) is 10.1 Å². The summed E-state index contributed by atoms with van der Waals surface area (Å²) in [5, 5.41) is 11.3. The van der Waals surface area contributed by atoms with Crippen molar-refractivity contribution in [1.82, 2.24) is 9.80 Å². The molecule has 0 spiro atoms. The number of ether oxygens (including phenoxy) is 1. The Hall–Kier alpha value is -2.71. The number of hydrogen-bond acceptors (Lipinski definition) is 5. The molecule has 28 heavy (non-hydrogen) atoms. The van der Waals surface area contributed by atoms with Crippen LogP contribution in [0.5, 0.6) is 5.75 Å². The van der Waals surface area contributed by atoms with E-state index in [0.717, 1.165) is 0 Å². The van der Waals surface area contributed by atoms with E-state index in [-0.39, 0.29) is 34.8 Å². The average molecular weight is 408 g/mol. The maximum absolute atomic E-state index is 13.8. The van der Waals surface area contributed by atoms with Gasteiger partial charge in [0.1, 0.15) is 5.82 Å². The van der Waals surface area contributed by atoms with Crippen molar-refractivity contribution < 1.29 is 18.8 Å². The van der Waals surface area contributed by atoms with Crippen LogP contribution >= 0.6 is 11.6 Å². The number of amides is 1. The standard InChI is InChI=1S/C19H19ClFN3O4/c20-15-5-6-18(17(11-15)24(26)27)28-13-19(25)23-9-7-22(8-10-23)12-14-3-1-2-4-16(14)21/h1-6,11H,7-10,12-13H2. The van der Waals surface area contributed by atoms with Crippen LogP contribution in [0.1, 0.15) is 5.56 Å².